The zero-order chi connectivity index (χ0) is 23.9. The van der Waals surface area contributed by atoms with Crippen LogP contribution in [-0.2, 0) is 22.6 Å². The molecule has 0 bridgehead atoms. The Hall–Kier alpha value is -2.43. The van der Waals surface area contributed by atoms with Gasteiger partial charge in [0.1, 0.15) is 11.6 Å². The SMILES string of the molecule is COC1(C(=O)N2Cc3nc(Cl)nc(N[C@H](C)c4cccc(C(F)F)c4F)c3C2)CCN(C)C1. The van der Waals surface area contributed by atoms with Crippen LogP contribution in [0.1, 0.15) is 48.2 Å². The smallest absolute Gasteiger partial charge is 0.266 e. The molecule has 1 amide bonds. The number of amides is 1. The summed E-state index contributed by atoms with van der Waals surface area (Å²) in [5.41, 5.74) is -0.266. The molecule has 2 atom stereocenters. The second-order valence-corrected chi connectivity index (χ2v) is 8.87. The van der Waals surface area contributed by atoms with E-state index in [1.807, 2.05) is 11.9 Å². The number of rotatable bonds is 6. The molecule has 2 aliphatic rings. The Morgan fingerprint density at radius 2 is 2.00 bits per heavy atom. The summed E-state index contributed by atoms with van der Waals surface area (Å²) in [7, 11) is 3.47. The Labute approximate surface area is 194 Å². The molecule has 1 aromatic carbocycles. The van der Waals surface area contributed by atoms with Crippen molar-refractivity contribution in [2.75, 3.05) is 32.6 Å². The Balaban J connectivity index is 1.58. The summed E-state index contributed by atoms with van der Waals surface area (Å²) in [6.45, 7) is 3.35. The number of benzene rings is 1. The van der Waals surface area contributed by atoms with Crippen LogP contribution in [-0.4, -0.2) is 58.5 Å². The van der Waals surface area contributed by atoms with Gasteiger partial charge in [0.2, 0.25) is 5.28 Å². The highest BCUT2D eigenvalue weighted by molar-refractivity contribution is 6.28. The van der Waals surface area contributed by atoms with Gasteiger partial charge in [0.25, 0.3) is 12.3 Å². The molecule has 2 aromatic rings. The van der Waals surface area contributed by atoms with Gasteiger partial charge in [0.05, 0.1) is 30.4 Å². The lowest BCUT2D eigenvalue weighted by Crippen LogP contribution is -2.50. The topological polar surface area (TPSA) is 70.6 Å². The minimum Gasteiger partial charge on any atom is -0.367 e. The van der Waals surface area contributed by atoms with E-state index >= 15 is 0 Å². The van der Waals surface area contributed by atoms with Gasteiger partial charge < -0.3 is 19.9 Å². The van der Waals surface area contributed by atoms with Crippen molar-refractivity contribution >= 4 is 23.3 Å². The van der Waals surface area contributed by atoms with Crippen molar-refractivity contribution in [1.29, 1.82) is 0 Å². The van der Waals surface area contributed by atoms with Crippen molar-refractivity contribution in [1.82, 2.24) is 19.8 Å². The summed E-state index contributed by atoms with van der Waals surface area (Å²) in [5, 5.41) is 3.04. The fourth-order valence-corrected chi connectivity index (χ4v) is 4.71. The molecular weight excluding hydrogens is 459 g/mol. The molecule has 178 valence electrons. The Kier molecular flexibility index (Phi) is 6.52. The van der Waals surface area contributed by atoms with E-state index in [2.05, 4.69) is 15.3 Å². The van der Waals surface area contributed by atoms with E-state index in [0.29, 0.717) is 30.0 Å². The average molecular weight is 484 g/mol. The van der Waals surface area contributed by atoms with Gasteiger partial charge in [-0.1, -0.05) is 18.2 Å². The van der Waals surface area contributed by atoms with Crippen molar-refractivity contribution < 1.29 is 22.7 Å². The van der Waals surface area contributed by atoms with Crippen molar-refractivity contribution in [3.05, 3.63) is 51.7 Å². The molecule has 1 aromatic heterocycles. The van der Waals surface area contributed by atoms with Gasteiger partial charge in [-0.2, -0.15) is 0 Å². The van der Waals surface area contributed by atoms with Crippen LogP contribution in [0.3, 0.4) is 0 Å². The quantitative estimate of drug-likeness (QED) is 0.628. The van der Waals surface area contributed by atoms with Crippen LogP contribution in [0, 0.1) is 5.82 Å². The third kappa shape index (κ3) is 4.39. The van der Waals surface area contributed by atoms with Gasteiger partial charge >= 0.3 is 0 Å². The Morgan fingerprint density at radius 3 is 2.64 bits per heavy atom. The first-order chi connectivity index (χ1) is 15.6. The summed E-state index contributed by atoms with van der Waals surface area (Å²) >= 11 is 6.11. The number of carbonyl (C=O) groups excluding carboxylic acids is 1. The van der Waals surface area contributed by atoms with Gasteiger partial charge in [-0.15, -0.1) is 0 Å². The molecule has 0 aliphatic carbocycles. The zero-order valence-corrected chi connectivity index (χ0v) is 19.3. The van der Waals surface area contributed by atoms with E-state index in [0.717, 1.165) is 12.6 Å². The van der Waals surface area contributed by atoms with E-state index in [1.165, 1.54) is 19.2 Å². The fourth-order valence-electron chi connectivity index (χ4n) is 4.52. The molecule has 1 N–H and O–H groups in total. The number of nitrogens with zero attached hydrogens (tertiary/aromatic N) is 4. The lowest BCUT2D eigenvalue weighted by atomic mass is 10.0. The van der Waals surface area contributed by atoms with Crippen LogP contribution < -0.4 is 5.32 Å². The molecule has 1 saturated heterocycles. The first-order valence-electron chi connectivity index (χ1n) is 10.6. The number of methoxy groups -OCH3 is 1. The monoisotopic (exact) mass is 483 g/mol. The first kappa shape index (κ1) is 23.7. The molecular formula is C22H25ClF3N5O2. The molecule has 2 aliphatic heterocycles. The zero-order valence-electron chi connectivity index (χ0n) is 18.5. The third-order valence-electron chi connectivity index (χ3n) is 6.36. The van der Waals surface area contributed by atoms with Crippen LogP contribution in [0.25, 0.3) is 0 Å². The summed E-state index contributed by atoms with van der Waals surface area (Å²) in [6.07, 6.45) is -2.34. The largest absolute Gasteiger partial charge is 0.367 e. The van der Waals surface area contributed by atoms with Gasteiger partial charge in [0.15, 0.2) is 5.60 Å². The number of carbonyl (C=O) groups is 1. The predicted molar refractivity (Wildman–Crippen MR) is 117 cm³/mol. The van der Waals surface area contributed by atoms with E-state index in [4.69, 9.17) is 16.3 Å². The molecule has 33 heavy (non-hydrogen) atoms. The van der Waals surface area contributed by atoms with Gasteiger partial charge in [-0.05, 0) is 32.0 Å². The number of anilines is 1. The molecule has 3 heterocycles. The number of likely N-dealkylation sites (N-methyl/N-ethyl adjacent to an activating group) is 1. The van der Waals surface area contributed by atoms with E-state index < -0.39 is 29.4 Å². The number of ether oxygens (including phenoxy) is 1. The van der Waals surface area contributed by atoms with Crippen molar-refractivity contribution in [2.45, 2.75) is 44.5 Å². The van der Waals surface area contributed by atoms with Crippen molar-refractivity contribution in [2.24, 2.45) is 0 Å². The fraction of sp³-hybridized carbons (Fsp3) is 0.500. The standard InChI is InChI=1S/C22H25ClF3N5O2/c1-12(13-5-4-6-14(17(13)24)18(25)26)27-19-15-9-31(10-16(15)28-21(23)29-19)20(32)22(33-3)7-8-30(2)11-22/h4-6,12,18H,7-11H2,1-3H3,(H,27,28,29)/t12-,22?/m1/s1. The Bertz CT molecular complexity index is 1070. The van der Waals surface area contributed by atoms with Crippen LogP contribution in [0.2, 0.25) is 5.28 Å². The van der Waals surface area contributed by atoms with Crippen LogP contribution in [0.15, 0.2) is 18.2 Å². The summed E-state index contributed by atoms with van der Waals surface area (Å²) in [5.74, 6) is -0.767. The maximum absolute atomic E-state index is 14.6. The second-order valence-electron chi connectivity index (χ2n) is 8.53. The van der Waals surface area contributed by atoms with Gasteiger partial charge in [-0.25, -0.2) is 23.1 Å². The normalized spacial score (nSPS) is 21.5. The summed E-state index contributed by atoms with van der Waals surface area (Å²) in [4.78, 5) is 25.5. The number of likely N-dealkylation sites (tertiary alicyclic amines) is 1. The number of hydrogen-bond acceptors (Lipinski definition) is 6. The lowest BCUT2D eigenvalue weighted by Gasteiger charge is -2.30. The maximum Gasteiger partial charge on any atom is 0.266 e. The minimum absolute atomic E-state index is 0.0263. The molecule has 1 fully saturated rings. The van der Waals surface area contributed by atoms with Crippen LogP contribution in [0.4, 0.5) is 19.0 Å². The van der Waals surface area contributed by atoms with E-state index in [9.17, 15) is 18.0 Å². The number of aromatic nitrogens is 2. The average Bonchev–Trinajstić information content (AvgIpc) is 3.37. The number of alkyl halides is 2. The lowest BCUT2D eigenvalue weighted by molar-refractivity contribution is -0.154. The molecule has 4 rings (SSSR count). The predicted octanol–water partition coefficient (Wildman–Crippen LogP) is 3.94. The Morgan fingerprint density at radius 1 is 1.27 bits per heavy atom. The van der Waals surface area contributed by atoms with Crippen molar-refractivity contribution in [3.8, 4) is 0 Å². The minimum atomic E-state index is -2.92. The summed E-state index contributed by atoms with van der Waals surface area (Å²) < 4.78 is 46.5. The molecule has 1 unspecified atom stereocenters. The van der Waals surface area contributed by atoms with Crippen LogP contribution >= 0.6 is 11.6 Å². The number of halogens is 4. The van der Waals surface area contributed by atoms with Crippen molar-refractivity contribution in [3.63, 3.8) is 0 Å². The number of hydrogen-bond donors (Lipinski definition) is 1. The van der Waals surface area contributed by atoms with Gasteiger partial charge in [-0.3, -0.25) is 4.79 Å². The van der Waals surface area contributed by atoms with Crippen LogP contribution in [0.5, 0.6) is 0 Å². The number of nitrogens with one attached hydrogen (secondary N) is 1. The highest BCUT2D eigenvalue weighted by Crippen LogP contribution is 2.35. The third-order valence-corrected chi connectivity index (χ3v) is 6.53. The molecule has 7 nitrogen and oxygen atoms in total. The molecule has 0 saturated carbocycles. The van der Waals surface area contributed by atoms with E-state index in [-0.39, 0.29) is 29.8 Å². The summed E-state index contributed by atoms with van der Waals surface area (Å²) in [6, 6.07) is 3.21. The molecule has 0 radical (unpaired) electrons. The highest BCUT2D eigenvalue weighted by atomic mass is 35.5. The maximum atomic E-state index is 14.6. The van der Waals surface area contributed by atoms with E-state index in [1.54, 1.807) is 11.8 Å². The first-order valence-corrected chi connectivity index (χ1v) is 10.9. The highest BCUT2D eigenvalue weighted by Gasteiger charge is 2.47. The molecule has 0 spiro atoms. The number of fused-ring (bicyclic) bond motifs is 1. The van der Waals surface area contributed by atoms with Gasteiger partial charge in [0, 0.05) is 31.3 Å². The molecule has 11 heteroatoms. The second kappa shape index (κ2) is 9.08.